The number of carbonyl (C=O) groups excluding carboxylic acids is 1. The summed E-state index contributed by atoms with van der Waals surface area (Å²) in [5.74, 6) is 0. The minimum atomic E-state index is -0.490. The number of fused-ring (bicyclic) bond motifs is 3. The first-order valence-electron chi connectivity index (χ1n) is 10.2. The summed E-state index contributed by atoms with van der Waals surface area (Å²) >= 11 is 0. The molecule has 0 radical (unpaired) electrons. The Labute approximate surface area is 160 Å². The topological polar surface area (TPSA) is 59.7 Å². The first-order chi connectivity index (χ1) is 12.8. The standard InChI is InChI=1S/C21H30N4O2/c1-14-15-9-5-6-10-17(15)25-19(22-14)13-16(23-25)18-11-7-8-12-24(18)20(26)27-21(2,3)4/h13,18H,5-12H2,1-4H3. The average Bonchev–Trinajstić information content (AvgIpc) is 3.04. The number of aryl methyl sites for hydroxylation is 2. The Morgan fingerprint density at radius 3 is 2.74 bits per heavy atom. The van der Waals surface area contributed by atoms with Crippen molar-refractivity contribution in [2.75, 3.05) is 6.54 Å². The predicted molar refractivity (Wildman–Crippen MR) is 104 cm³/mol. The van der Waals surface area contributed by atoms with E-state index in [9.17, 15) is 4.79 Å². The summed E-state index contributed by atoms with van der Waals surface area (Å²) in [6, 6.07) is 2.03. The SMILES string of the molecule is Cc1nc2cc(C3CCCCN3C(=O)OC(C)(C)C)nn2c2c1CCCC2. The number of aromatic nitrogens is 3. The van der Waals surface area contributed by atoms with E-state index in [2.05, 4.69) is 13.0 Å². The van der Waals surface area contributed by atoms with Crippen molar-refractivity contribution in [3.8, 4) is 0 Å². The number of nitrogens with zero attached hydrogens (tertiary/aromatic N) is 4. The summed E-state index contributed by atoms with van der Waals surface area (Å²) in [6.45, 7) is 8.55. The van der Waals surface area contributed by atoms with Crippen LogP contribution in [-0.4, -0.2) is 37.7 Å². The van der Waals surface area contributed by atoms with Crippen molar-refractivity contribution in [2.45, 2.75) is 84.3 Å². The van der Waals surface area contributed by atoms with Crippen molar-refractivity contribution in [1.82, 2.24) is 19.5 Å². The van der Waals surface area contributed by atoms with E-state index in [1.807, 2.05) is 30.2 Å². The van der Waals surface area contributed by atoms with Crippen LogP contribution >= 0.6 is 0 Å². The Hall–Kier alpha value is -2.11. The Morgan fingerprint density at radius 2 is 1.96 bits per heavy atom. The maximum absolute atomic E-state index is 12.8. The smallest absolute Gasteiger partial charge is 0.410 e. The fourth-order valence-corrected chi connectivity index (χ4v) is 4.36. The van der Waals surface area contributed by atoms with E-state index in [0.29, 0.717) is 0 Å². The van der Waals surface area contributed by atoms with Crippen LogP contribution in [0.2, 0.25) is 0 Å². The summed E-state index contributed by atoms with van der Waals surface area (Å²) < 4.78 is 7.68. The Kier molecular flexibility index (Phi) is 4.60. The number of amides is 1. The first kappa shape index (κ1) is 18.3. The Balaban J connectivity index is 1.70. The van der Waals surface area contributed by atoms with Crippen LogP contribution in [0.15, 0.2) is 6.07 Å². The highest BCUT2D eigenvalue weighted by molar-refractivity contribution is 5.69. The highest BCUT2D eigenvalue weighted by Crippen LogP contribution is 2.33. The fourth-order valence-electron chi connectivity index (χ4n) is 4.36. The van der Waals surface area contributed by atoms with E-state index in [1.165, 1.54) is 24.1 Å². The minimum Gasteiger partial charge on any atom is -0.444 e. The highest BCUT2D eigenvalue weighted by Gasteiger charge is 2.33. The average molecular weight is 370 g/mol. The van der Waals surface area contributed by atoms with Gasteiger partial charge in [-0.2, -0.15) is 5.10 Å². The fraction of sp³-hybridized carbons (Fsp3) is 0.667. The molecule has 1 aliphatic heterocycles. The molecule has 0 aromatic carbocycles. The monoisotopic (exact) mass is 370 g/mol. The molecule has 2 aromatic rings. The lowest BCUT2D eigenvalue weighted by molar-refractivity contribution is 0.00897. The molecule has 6 heteroatoms. The quantitative estimate of drug-likeness (QED) is 0.747. The van der Waals surface area contributed by atoms with Gasteiger partial charge in [-0.3, -0.25) is 4.90 Å². The molecule has 0 bridgehead atoms. The van der Waals surface area contributed by atoms with Gasteiger partial charge in [0.2, 0.25) is 0 Å². The largest absolute Gasteiger partial charge is 0.444 e. The third kappa shape index (κ3) is 3.54. The van der Waals surface area contributed by atoms with Crippen LogP contribution in [-0.2, 0) is 17.6 Å². The zero-order chi connectivity index (χ0) is 19.2. The minimum absolute atomic E-state index is 0.0325. The molecular formula is C21H30N4O2. The van der Waals surface area contributed by atoms with Gasteiger partial charge in [-0.05, 0) is 78.2 Å². The van der Waals surface area contributed by atoms with Gasteiger partial charge in [0, 0.05) is 24.0 Å². The van der Waals surface area contributed by atoms with Gasteiger partial charge < -0.3 is 4.74 Å². The predicted octanol–water partition coefficient (Wildman–Crippen LogP) is 4.38. The van der Waals surface area contributed by atoms with E-state index < -0.39 is 5.60 Å². The molecule has 1 saturated heterocycles. The number of rotatable bonds is 1. The molecular weight excluding hydrogens is 340 g/mol. The molecule has 1 unspecified atom stereocenters. The van der Waals surface area contributed by atoms with Crippen LogP contribution in [0.5, 0.6) is 0 Å². The second kappa shape index (κ2) is 6.80. The molecule has 0 saturated carbocycles. The molecule has 1 atom stereocenters. The van der Waals surface area contributed by atoms with Gasteiger partial charge in [0.25, 0.3) is 0 Å². The van der Waals surface area contributed by atoms with E-state index in [-0.39, 0.29) is 12.1 Å². The van der Waals surface area contributed by atoms with Crippen molar-refractivity contribution >= 4 is 11.7 Å². The summed E-state index contributed by atoms with van der Waals surface area (Å²) in [5, 5.41) is 4.92. The lowest BCUT2D eigenvalue weighted by Crippen LogP contribution is -2.42. The highest BCUT2D eigenvalue weighted by atomic mass is 16.6. The van der Waals surface area contributed by atoms with Crippen LogP contribution < -0.4 is 0 Å². The summed E-state index contributed by atoms with van der Waals surface area (Å²) in [4.78, 5) is 19.4. The summed E-state index contributed by atoms with van der Waals surface area (Å²) in [5.41, 5.74) is 5.13. The number of hydrogen-bond acceptors (Lipinski definition) is 4. The van der Waals surface area contributed by atoms with Gasteiger partial charge in [0.1, 0.15) is 5.60 Å². The molecule has 2 aromatic heterocycles. The number of likely N-dealkylation sites (tertiary alicyclic amines) is 1. The summed E-state index contributed by atoms with van der Waals surface area (Å²) in [7, 11) is 0. The van der Waals surface area contributed by atoms with Crippen LogP contribution in [0.3, 0.4) is 0 Å². The zero-order valence-corrected chi connectivity index (χ0v) is 16.9. The lowest BCUT2D eigenvalue weighted by atomic mass is 9.95. The molecule has 0 spiro atoms. The lowest BCUT2D eigenvalue weighted by Gasteiger charge is -2.35. The maximum Gasteiger partial charge on any atom is 0.410 e. The zero-order valence-electron chi connectivity index (χ0n) is 16.9. The van der Waals surface area contributed by atoms with Crippen molar-refractivity contribution < 1.29 is 9.53 Å². The van der Waals surface area contributed by atoms with Crippen LogP contribution in [0.4, 0.5) is 4.79 Å². The molecule has 6 nitrogen and oxygen atoms in total. The van der Waals surface area contributed by atoms with Crippen LogP contribution in [0, 0.1) is 6.92 Å². The molecule has 1 aliphatic carbocycles. The number of carbonyl (C=O) groups is 1. The van der Waals surface area contributed by atoms with Gasteiger partial charge in [-0.25, -0.2) is 14.3 Å². The molecule has 146 valence electrons. The van der Waals surface area contributed by atoms with Crippen LogP contribution in [0.25, 0.3) is 5.65 Å². The third-order valence-electron chi connectivity index (χ3n) is 5.60. The number of hydrogen-bond donors (Lipinski definition) is 0. The van der Waals surface area contributed by atoms with Gasteiger partial charge >= 0.3 is 6.09 Å². The first-order valence-corrected chi connectivity index (χ1v) is 10.2. The van der Waals surface area contributed by atoms with E-state index >= 15 is 0 Å². The maximum atomic E-state index is 12.8. The Bertz CT molecular complexity index is 865. The van der Waals surface area contributed by atoms with Crippen molar-refractivity contribution in [3.63, 3.8) is 0 Å². The van der Waals surface area contributed by atoms with Crippen molar-refractivity contribution in [1.29, 1.82) is 0 Å². The molecule has 0 N–H and O–H groups in total. The Morgan fingerprint density at radius 1 is 1.19 bits per heavy atom. The van der Waals surface area contributed by atoms with Crippen LogP contribution in [0.1, 0.15) is 81.6 Å². The molecule has 2 aliphatic rings. The second-order valence-electron chi connectivity index (χ2n) is 8.85. The second-order valence-corrected chi connectivity index (χ2v) is 8.85. The van der Waals surface area contributed by atoms with E-state index in [1.54, 1.807) is 0 Å². The molecule has 1 fully saturated rings. The molecule has 3 heterocycles. The van der Waals surface area contributed by atoms with Crippen molar-refractivity contribution in [2.24, 2.45) is 0 Å². The number of ether oxygens (including phenoxy) is 1. The van der Waals surface area contributed by atoms with Crippen molar-refractivity contribution in [3.05, 3.63) is 28.7 Å². The normalized spacial score (nSPS) is 20.6. The van der Waals surface area contributed by atoms with Gasteiger partial charge in [0.15, 0.2) is 5.65 Å². The van der Waals surface area contributed by atoms with Gasteiger partial charge in [-0.1, -0.05) is 0 Å². The molecule has 27 heavy (non-hydrogen) atoms. The number of piperidine rings is 1. The third-order valence-corrected chi connectivity index (χ3v) is 5.60. The van der Waals surface area contributed by atoms with Gasteiger partial charge in [-0.15, -0.1) is 0 Å². The van der Waals surface area contributed by atoms with E-state index in [4.69, 9.17) is 14.8 Å². The van der Waals surface area contributed by atoms with E-state index in [0.717, 1.165) is 55.7 Å². The summed E-state index contributed by atoms with van der Waals surface area (Å²) in [6.07, 6.45) is 7.36. The van der Waals surface area contributed by atoms with Gasteiger partial charge in [0.05, 0.1) is 11.7 Å². The molecule has 4 rings (SSSR count). The molecule has 1 amide bonds.